The van der Waals surface area contributed by atoms with E-state index >= 15 is 0 Å². The van der Waals surface area contributed by atoms with Gasteiger partial charge in [0.1, 0.15) is 17.9 Å². The van der Waals surface area contributed by atoms with Crippen molar-refractivity contribution in [2.45, 2.75) is 0 Å². The van der Waals surface area contributed by atoms with Crippen LogP contribution in [0.15, 0.2) is 61.1 Å². The van der Waals surface area contributed by atoms with Gasteiger partial charge in [0.2, 0.25) is 0 Å². The van der Waals surface area contributed by atoms with Gasteiger partial charge in [0.25, 0.3) is 5.69 Å². The van der Waals surface area contributed by atoms with Gasteiger partial charge in [0.15, 0.2) is 5.65 Å². The number of non-ortho nitro benzene ring substituents is 1. The second-order valence-electron chi connectivity index (χ2n) is 5.62. The summed E-state index contributed by atoms with van der Waals surface area (Å²) in [5, 5.41) is 19.2. The lowest BCUT2D eigenvalue weighted by molar-refractivity contribution is -0.384. The standard InChI is InChI=1S/C18H14N6O3/c1-27-16-9-13(24(25)26)7-8-15(16)22-17-14-10-21-23(18(14)20-11-19-17)12-5-3-2-4-6-12/h2-11H,1H3,(H,19,20,22). The van der Waals surface area contributed by atoms with E-state index in [4.69, 9.17) is 4.74 Å². The molecule has 2 heterocycles. The molecule has 0 atom stereocenters. The van der Waals surface area contributed by atoms with Crippen LogP contribution < -0.4 is 10.1 Å². The van der Waals surface area contributed by atoms with Gasteiger partial charge in [0.05, 0.1) is 41.1 Å². The van der Waals surface area contributed by atoms with Crippen LogP contribution in [0.1, 0.15) is 0 Å². The summed E-state index contributed by atoms with van der Waals surface area (Å²) in [4.78, 5) is 19.1. The van der Waals surface area contributed by atoms with Crippen molar-refractivity contribution in [3.63, 3.8) is 0 Å². The molecule has 2 aromatic carbocycles. The highest BCUT2D eigenvalue weighted by Gasteiger charge is 2.15. The van der Waals surface area contributed by atoms with Gasteiger partial charge in [-0.1, -0.05) is 18.2 Å². The van der Waals surface area contributed by atoms with E-state index in [-0.39, 0.29) is 5.69 Å². The highest BCUT2D eigenvalue weighted by Crippen LogP contribution is 2.32. The third-order valence-corrected chi connectivity index (χ3v) is 4.02. The fourth-order valence-corrected chi connectivity index (χ4v) is 2.73. The number of nitrogens with one attached hydrogen (secondary N) is 1. The Kier molecular flexibility index (Phi) is 4.09. The number of rotatable bonds is 5. The lowest BCUT2D eigenvalue weighted by atomic mass is 10.2. The first-order valence-electron chi connectivity index (χ1n) is 8.01. The Balaban J connectivity index is 1.75. The minimum Gasteiger partial charge on any atom is -0.494 e. The number of nitro benzene ring substituents is 1. The first kappa shape index (κ1) is 16.5. The maximum atomic E-state index is 10.9. The number of hydrogen-bond acceptors (Lipinski definition) is 7. The van der Waals surface area contributed by atoms with Crippen LogP contribution in [0.5, 0.6) is 5.75 Å². The van der Waals surface area contributed by atoms with Crippen LogP contribution in [-0.4, -0.2) is 31.8 Å². The Bertz CT molecular complexity index is 1130. The van der Waals surface area contributed by atoms with E-state index in [0.717, 1.165) is 5.69 Å². The quantitative estimate of drug-likeness (QED) is 0.428. The number of nitro groups is 1. The van der Waals surface area contributed by atoms with Crippen LogP contribution in [0.2, 0.25) is 0 Å². The Labute approximate surface area is 153 Å². The molecule has 0 radical (unpaired) electrons. The molecule has 0 fully saturated rings. The number of aromatic nitrogens is 4. The molecule has 1 N–H and O–H groups in total. The number of ether oxygens (including phenoxy) is 1. The van der Waals surface area contributed by atoms with Crippen LogP contribution in [0, 0.1) is 10.1 Å². The summed E-state index contributed by atoms with van der Waals surface area (Å²) in [7, 11) is 1.45. The maximum Gasteiger partial charge on any atom is 0.273 e. The number of hydrogen-bond donors (Lipinski definition) is 1. The van der Waals surface area contributed by atoms with E-state index in [1.54, 1.807) is 16.9 Å². The summed E-state index contributed by atoms with van der Waals surface area (Å²) in [6.45, 7) is 0. The average Bonchev–Trinajstić information content (AvgIpc) is 3.14. The molecule has 4 rings (SSSR count). The monoisotopic (exact) mass is 362 g/mol. The van der Waals surface area contributed by atoms with E-state index in [0.29, 0.717) is 28.3 Å². The summed E-state index contributed by atoms with van der Waals surface area (Å²) in [5.41, 5.74) is 2.02. The van der Waals surface area contributed by atoms with Crippen LogP contribution in [-0.2, 0) is 0 Å². The zero-order chi connectivity index (χ0) is 18.8. The predicted molar refractivity (Wildman–Crippen MR) is 99.6 cm³/mol. The lowest BCUT2D eigenvalue weighted by Crippen LogP contribution is -2.00. The number of fused-ring (bicyclic) bond motifs is 1. The summed E-state index contributed by atoms with van der Waals surface area (Å²) < 4.78 is 6.98. The molecule has 0 bridgehead atoms. The normalized spacial score (nSPS) is 10.7. The van der Waals surface area contributed by atoms with Gasteiger partial charge in [-0.3, -0.25) is 10.1 Å². The summed E-state index contributed by atoms with van der Waals surface area (Å²) in [6.07, 6.45) is 3.10. The van der Waals surface area contributed by atoms with Gasteiger partial charge in [0, 0.05) is 6.07 Å². The number of para-hydroxylation sites is 1. The average molecular weight is 362 g/mol. The van der Waals surface area contributed by atoms with Crippen LogP contribution in [0.3, 0.4) is 0 Å². The second kappa shape index (κ2) is 6.71. The molecule has 9 nitrogen and oxygen atoms in total. The molecular weight excluding hydrogens is 348 g/mol. The van der Waals surface area contributed by atoms with E-state index in [9.17, 15) is 10.1 Å². The summed E-state index contributed by atoms with van der Waals surface area (Å²) >= 11 is 0. The van der Waals surface area contributed by atoms with Crippen molar-refractivity contribution in [2.24, 2.45) is 0 Å². The van der Waals surface area contributed by atoms with Gasteiger partial charge in [-0.05, 0) is 18.2 Å². The molecule has 0 unspecified atom stereocenters. The first-order valence-corrected chi connectivity index (χ1v) is 8.01. The van der Waals surface area contributed by atoms with Gasteiger partial charge >= 0.3 is 0 Å². The van der Waals surface area contributed by atoms with Crippen molar-refractivity contribution in [1.29, 1.82) is 0 Å². The van der Waals surface area contributed by atoms with Gasteiger partial charge in [-0.15, -0.1) is 0 Å². The van der Waals surface area contributed by atoms with E-state index in [2.05, 4.69) is 20.4 Å². The summed E-state index contributed by atoms with van der Waals surface area (Å²) in [5.74, 6) is 0.862. The largest absolute Gasteiger partial charge is 0.494 e. The lowest BCUT2D eigenvalue weighted by Gasteiger charge is -2.11. The fourth-order valence-electron chi connectivity index (χ4n) is 2.73. The molecule has 0 aliphatic rings. The number of anilines is 2. The number of benzene rings is 2. The topological polar surface area (TPSA) is 108 Å². The molecule has 27 heavy (non-hydrogen) atoms. The second-order valence-corrected chi connectivity index (χ2v) is 5.62. The van der Waals surface area contributed by atoms with Crippen LogP contribution in [0.4, 0.5) is 17.2 Å². The third-order valence-electron chi connectivity index (χ3n) is 4.02. The van der Waals surface area contributed by atoms with Gasteiger partial charge in [-0.2, -0.15) is 5.10 Å². The zero-order valence-corrected chi connectivity index (χ0v) is 14.2. The minimum absolute atomic E-state index is 0.0536. The minimum atomic E-state index is -0.473. The molecule has 0 aliphatic carbocycles. The Morgan fingerprint density at radius 1 is 1.15 bits per heavy atom. The zero-order valence-electron chi connectivity index (χ0n) is 14.2. The van der Waals surface area contributed by atoms with Crippen molar-refractivity contribution in [2.75, 3.05) is 12.4 Å². The Hall–Kier alpha value is -4.01. The van der Waals surface area contributed by atoms with Crippen LogP contribution in [0.25, 0.3) is 16.7 Å². The van der Waals surface area contributed by atoms with Crippen molar-refractivity contribution in [1.82, 2.24) is 19.7 Å². The molecule has 0 saturated carbocycles. The first-order chi connectivity index (χ1) is 13.2. The molecule has 0 aliphatic heterocycles. The fraction of sp³-hybridized carbons (Fsp3) is 0.0556. The van der Waals surface area contributed by atoms with E-state index in [1.807, 2.05) is 30.3 Å². The molecule has 134 valence electrons. The highest BCUT2D eigenvalue weighted by molar-refractivity contribution is 5.89. The smallest absolute Gasteiger partial charge is 0.273 e. The van der Waals surface area contributed by atoms with E-state index < -0.39 is 4.92 Å². The molecule has 9 heteroatoms. The maximum absolute atomic E-state index is 10.9. The Morgan fingerprint density at radius 3 is 2.70 bits per heavy atom. The van der Waals surface area contributed by atoms with Crippen molar-refractivity contribution in [3.8, 4) is 11.4 Å². The molecule has 0 spiro atoms. The predicted octanol–water partition coefficient (Wildman–Crippen LogP) is 3.48. The van der Waals surface area contributed by atoms with E-state index in [1.165, 1.54) is 25.6 Å². The third kappa shape index (κ3) is 3.01. The molecule has 0 amide bonds. The summed E-state index contributed by atoms with van der Waals surface area (Å²) in [6, 6.07) is 14.0. The van der Waals surface area contributed by atoms with Crippen molar-refractivity contribution < 1.29 is 9.66 Å². The van der Waals surface area contributed by atoms with Crippen LogP contribution >= 0.6 is 0 Å². The van der Waals surface area contributed by atoms with Gasteiger partial charge in [-0.25, -0.2) is 14.6 Å². The molecule has 4 aromatic rings. The Morgan fingerprint density at radius 2 is 1.96 bits per heavy atom. The highest BCUT2D eigenvalue weighted by atomic mass is 16.6. The SMILES string of the molecule is COc1cc([N+](=O)[O-])ccc1Nc1ncnc2c1cnn2-c1ccccc1. The van der Waals surface area contributed by atoms with Gasteiger partial charge < -0.3 is 10.1 Å². The molecular formula is C18H14N6O3. The number of nitrogens with zero attached hydrogens (tertiary/aromatic N) is 5. The molecule has 2 aromatic heterocycles. The van der Waals surface area contributed by atoms with Crippen molar-refractivity contribution in [3.05, 3.63) is 71.2 Å². The van der Waals surface area contributed by atoms with Crippen molar-refractivity contribution >= 4 is 28.2 Å². The number of methoxy groups -OCH3 is 1. The molecule has 0 saturated heterocycles.